The number of anilines is 1. The third-order valence-electron chi connectivity index (χ3n) is 2.44. The molecule has 0 atom stereocenters. The molecule has 3 aromatic rings. The van der Waals surface area contributed by atoms with Crippen LogP contribution >= 0.6 is 11.3 Å². The Balaban J connectivity index is 1.71. The van der Waals surface area contributed by atoms with Gasteiger partial charge in [-0.3, -0.25) is 10.1 Å². The van der Waals surface area contributed by atoms with Crippen molar-refractivity contribution in [1.82, 2.24) is 4.98 Å². The van der Waals surface area contributed by atoms with Gasteiger partial charge in [0.25, 0.3) is 0 Å². The van der Waals surface area contributed by atoms with Gasteiger partial charge in [-0.1, -0.05) is 23.5 Å². The third kappa shape index (κ3) is 2.50. The molecule has 0 bridgehead atoms. The second-order valence-electron chi connectivity index (χ2n) is 3.79. The van der Waals surface area contributed by atoms with Crippen molar-refractivity contribution in [2.45, 2.75) is 0 Å². The monoisotopic (exact) mass is 288 g/mol. The molecule has 8 heteroatoms. The van der Waals surface area contributed by atoms with Crippen LogP contribution in [0.25, 0.3) is 11.1 Å². The van der Waals surface area contributed by atoms with Crippen LogP contribution in [0.3, 0.4) is 0 Å². The fourth-order valence-corrected chi connectivity index (χ4v) is 2.27. The van der Waals surface area contributed by atoms with Crippen LogP contribution < -0.4 is 5.43 Å². The standard InChI is InChI=1S/C12H8N4O3S/c17-16(18)11-6-5-8(20-11)7-13-15-12-14-9-3-1-2-4-10(9)19-12/h1-7H,(H,14,15). The van der Waals surface area contributed by atoms with Crippen molar-refractivity contribution in [3.05, 3.63) is 51.4 Å². The van der Waals surface area contributed by atoms with E-state index in [1.807, 2.05) is 18.2 Å². The summed E-state index contributed by atoms with van der Waals surface area (Å²) in [6.07, 6.45) is 1.48. The van der Waals surface area contributed by atoms with Gasteiger partial charge in [0.2, 0.25) is 0 Å². The highest BCUT2D eigenvalue weighted by Gasteiger charge is 2.08. The molecule has 2 aromatic heterocycles. The first kappa shape index (κ1) is 12.3. The molecular weight excluding hydrogens is 280 g/mol. The average Bonchev–Trinajstić information content (AvgIpc) is 3.04. The minimum Gasteiger partial charge on any atom is -0.422 e. The summed E-state index contributed by atoms with van der Waals surface area (Å²) in [6.45, 7) is 0. The Labute approximate surface area is 116 Å². The lowest BCUT2D eigenvalue weighted by Gasteiger charge is -1.89. The zero-order valence-corrected chi connectivity index (χ0v) is 10.8. The average molecular weight is 288 g/mol. The third-order valence-corrected chi connectivity index (χ3v) is 3.41. The first-order chi connectivity index (χ1) is 9.72. The summed E-state index contributed by atoms with van der Waals surface area (Å²) in [7, 11) is 0. The van der Waals surface area contributed by atoms with E-state index >= 15 is 0 Å². The second kappa shape index (κ2) is 5.10. The molecule has 0 spiro atoms. The van der Waals surface area contributed by atoms with Crippen molar-refractivity contribution in [1.29, 1.82) is 0 Å². The highest BCUT2D eigenvalue weighted by Crippen LogP contribution is 2.22. The predicted molar refractivity (Wildman–Crippen MR) is 76.2 cm³/mol. The van der Waals surface area contributed by atoms with Crippen LogP contribution in [0.1, 0.15) is 4.88 Å². The van der Waals surface area contributed by atoms with Crippen LogP contribution in [0, 0.1) is 10.1 Å². The van der Waals surface area contributed by atoms with E-state index in [1.165, 1.54) is 12.3 Å². The zero-order valence-electron chi connectivity index (χ0n) is 10.0. The molecule has 0 saturated heterocycles. The number of oxazole rings is 1. The quantitative estimate of drug-likeness (QED) is 0.452. The highest BCUT2D eigenvalue weighted by molar-refractivity contribution is 7.16. The van der Waals surface area contributed by atoms with E-state index in [1.54, 1.807) is 12.1 Å². The maximum atomic E-state index is 10.5. The number of nitro groups is 1. The molecule has 1 N–H and O–H groups in total. The Morgan fingerprint density at radius 3 is 2.95 bits per heavy atom. The number of para-hydroxylation sites is 2. The molecule has 0 unspecified atom stereocenters. The Morgan fingerprint density at radius 1 is 1.35 bits per heavy atom. The van der Waals surface area contributed by atoms with Gasteiger partial charge in [0.1, 0.15) is 5.52 Å². The first-order valence-corrected chi connectivity index (χ1v) is 6.43. The van der Waals surface area contributed by atoms with Crippen molar-refractivity contribution in [2.24, 2.45) is 5.10 Å². The van der Waals surface area contributed by atoms with E-state index in [4.69, 9.17) is 4.42 Å². The highest BCUT2D eigenvalue weighted by atomic mass is 32.1. The van der Waals surface area contributed by atoms with Gasteiger partial charge in [-0.2, -0.15) is 10.1 Å². The molecule has 0 aliphatic rings. The van der Waals surface area contributed by atoms with Crippen LogP contribution in [0.5, 0.6) is 0 Å². The summed E-state index contributed by atoms with van der Waals surface area (Å²) in [4.78, 5) is 15.0. The number of hydrazone groups is 1. The van der Waals surface area contributed by atoms with Gasteiger partial charge >= 0.3 is 11.0 Å². The van der Waals surface area contributed by atoms with E-state index in [0.717, 1.165) is 16.9 Å². The number of hydrogen-bond donors (Lipinski definition) is 1. The van der Waals surface area contributed by atoms with Gasteiger partial charge in [-0.05, 0) is 18.2 Å². The maximum absolute atomic E-state index is 10.5. The second-order valence-corrected chi connectivity index (χ2v) is 4.88. The number of thiophene rings is 1. The van der Waals surface area contributed by atoms with Crippen LogP contribution in [0.2, 0.25) is 0 Å². The molecule has 0 saturated carbocycles. The van der Waals surface area contributed by atoms with Crippen LogP contribution in [0.15, 0.2) is 45.9 Å². The molecule has 7 nitrogen and oxygen atoms in total. The number of fused-ring (bicyclic) bond motifs is 1. The minimum absolute atomic E-state index is 0.0771. The molecule has 1 aromatic carbocycles. The molecular formula is C12H8N4O3S. The zero-order chi connectivity index (χ0) is 13.9. The maximum Gasteiger partial charge on any atom is 0.324 e. The number of nitrogens with zero attached hydrogens (tertiary/aromatic N) is 3. The number of nitrogens with one attached hydrogen (secondary N) is 1. The van der Waals surface area contributed by atoms with Crippen LogP contribution in [-0.2, 0) is 0 Å². The van der Waals surface area contributed by atoms with E-state index in [0.29, 0.717) is 10.5 Å². The van der Waals surface area contributed by atoms with Gasteiger partial charge in [-0.15, -0.1) is 0 Å². The van der Waals surface area contributed by atoms with E-state index in [2.05, 4.69) is 15.5 Å². The van der Waals surface area contributed by atoms with Crippen molar-refractivity contribution in [3.8, 4) is 0 Å². The number of rotatable bonds is 4. The summed E-state index contributed by atoms with van der Waals surface area (Å²) < 4.78 is 5.41. The van der Waals surface area contributed by atoms with Crippen LogP contribution in [-0.4, -0.2) is 16.1 Å². The Hall–Kier alpha value is -2.74. The summed E-state index contributed by atoms with van der Waals surface area (Å²) in [5, 5.41) is 14.6. The lowest BCUT2D eigenvalue weighted by Crippen LogP contribution is -1.88. The van der Waals surface area contributed by atoms with Gasteiger partial charge in [-0.25, -0.2) is 5.43 Å². The summed E-state index contributed by atoms with van der Waals surface area (Å²) in [6, 6.07) is 10.7. The predicted octanol–water partition coefficient (Wildman–Crippen LogP) is 3.24. The van der Waals surface area contributed by atoms with Gasteiger partial charge in [0.15, 0.2) is 5.58 Å². The van der Waals surface area contributed by atoms with Crippen molar-refractivity contribution in [2.75, 3.05) is 5.43 Å². The molecule has 0 radical (unpaired) electrons. The first-order valence-electron chi connectivity index (χ1n) is 5.61. The van der Waals surface area contributed by atoms with Crippen LogP contribution in [0.4, 0.5) is 11.0 Å². The molecule has 2 heterocycles. The van der Waals surface area contributed by atoms with Crippen molar-refractivity contribution < 1.29 is 9.34 Å². The topological polar surface area (TPSA) is 93.6 Å². The molecule has 20 heavy (non-hydrogen) atoms. The lowest BCUT2D eigenvalue weighted by atomic mass is 10.3. The lowest BCUT2D eigenvalue weighted by molar-refractivity contribution is -0.380. The fourth-order valence-electron chi connectivity index (χ4n) is 1.58. The van der Waals surface area contributed by atoms with E-state index < -0.39 is 4.92 Å². The fraction of sp³-hybridized carbons (Fsp3) is 0. The number of hydrogen-bond acceptors (Lipinski definition) is 7. The van der Waals surface area contributed by atoms with E-state index in [-0.39, 0.29) is 11.0 Å². The minimum atomic E-state index is -0.434. The van der Waals surface area contributed by atoms with Crippen molar-refractivity contribution >= 4 is 39.7 Å². The molecule has 0 fully saturated rings. The molecule has 3 rings (SSSR count). The van der Waals surface area contributed by atoms with Gasteiger partial charge in [0.05, 0.1) is 16.0 Å². The number of aromatic nitrogens is 1. The Bertz CT molecular complexity index is 760. The normalized spacial score (nSPS) is 11.2. The molecule has 0 aliphatic carbocycles. The molecule has 0 amide bonds. The smallest absolute Gasteiger partial charge is 0.324 e. The molecule has 100 valence electrons. The largest absolute Gasteiger partial charge is 0.422 e. The summed E-state index contributed by atoms with van der Waals surface area (Å²) in [5.74, 6) is 0. The van der Waals surface area contributed by atoms with Gasteiger partial charge in [0, 0.05) is 6.07 Å². The Kier molecular flexibility index (Phi) is 3.13. The summed E-state index contributed by atoms with van der Waals surface area (Å²) in [5.41, 5.74) is 4.05. The van der Waals surface area contributed by atoms with Gasteiger partial charge < -0.3 is 4.42 Å². The Morgan fingerprint density at radius 2 is 2.20 bits per heavy atom. The summed E-state index contributed by atoms with van der Waals surface area (Å²) >= 11 is 1.04. The van der Waals surface area contributed by atoms with Crippen molar-refractivity contribution in [3.63, 3.8) is 0 Å². The van der Waals surface area contributed by atoms with E-state index in [9.17, 15) is 10.1 Å². The SMILES string of the molecule is O=[N+]([O-])c1ccc(C=NNc2nc3ccccc3o2)s1. The molecule has 0 aliphatic heterocycles. The number of benzene rings is 1.